The summed E-state index contributed by atoms with van der Waals surface area (Å²) in [6, 6.07) is 0. The standard InChI is InChI=1S/C14H23BrO5/c15-9-10(17)14-13(4-2-8-19-14)20-12-3-1-7-18-11(12)5-6-16/h11-14,16H,1-9H2/t11-,12+,13-,14+/m0/s1. The summed E-state index contributed by atoms with van der Waals surface area (Å²) in [5.74, 6) is 0.0325. The lowest BCUT2D eigenvalue weighted by atomic mass is 9.99. The lowest BCUT2D eigenvalue weighted by Gasteiger charge is -2.38. The molecule has 2 rings (SSSR count). The summed E-state index contributed by atoms with van der Waals surface area (Å²) >= 11 is 3.20. The fourth-order valence-corrected chi connectivity index (χ4v) is 3.18. The molecule has 0 aromatic heterocycles. The topological polar surface area (TPSA) is 65.0 Å². The summed E-state index contributed by atoms with van der Waals surface area (Å²) in [5.41, 5.74) is 0. The zero-order chi connectivity index (χ0) is 14.4. The normalized spacial score (nSPS) is 34.9. The van der Waals surface area contributed by atoms with Gasteiger partial charge in [-0.25, -0.2) is 0 Å². The van der Waals surface area contributed by atoms with E-state index in [-0.39, 0.29) is 30.7 Å². The fourth-order valence-electron chi connectivity index (χ4n) is 2.86. The van der Waals surface area contributed by atoms with E-state index in [0.29, 0.717) is 18.4 Å². The average molecular weight is 351 g/mol. The molecule has 5 nitrogen and oxygen atoms in total. The highest BCUT2D eigenvalue weighted by Gasteiger charge is 2.36. The van der Waals surface area contributed by atoms with Crippen LogP contribution in [0.25, 0.3) is 0 Å². The first-order valence-electron chi connectivity index (χ1n) is 7.34. The molecule has 20 heavy (non-hydrogen) atoms. The number of halogens is 1. The first kappa shape index (κ1) is 16.4. The van der Waals surface area contributed by atoms with Crippen LogP contribution >= 0.6 is 15.9 Å². The molecule has 2 aliphatic rings. The highest BCUT2D eigenvalue weighted by molar-refractivity contribution is 9.09. The number of carbonyl (C=O) groups is 1. The Balaban J connectivity index is 1.95. The monoisotopic (exact) mass is 350 g/mol. The Labute approximate surface area is 128 Å². The van der Waals surface area contributed by atoms with Gasteiger partial charge in [-0.2, -0.15) is 0 Å². The predicted octanol–water partition coefficient (Wildman–Crippen LogP) is 1.44. The van der Waals surface area contributed by atoms with Crippen molar-refractivity contribution >= 4 is 21.7 Å². The largest absolute Gasteiger partial charge is 0.396 e. The van der Waals surface area contributed by atoms with E-state index in [1.807, 2.05) is 0 Å². The Kier molecular flexibility index (Phi) is 6.90. The van der Waals surface area contributed by atoms with Gasteiger partial charge in [-0.15, -0.1) is 0 Å². The number of carbonyl (C=O) groups excluding carboxylic acids is 1. The van der Waals surface area contributed by atoms with Crippen LogP contribution in [0, 0.1) is 0 Å². The number of hydrogen-bond acceptors (Lipinski definition) is 5. The maximum atomic E-state index is 11.9. The Bertz CT molecular complexity index is 310. The van der Waals surface area contributed by atoms with Crippen LogP contribution in [0.15, 0.2) is 0 Å². The van der Waals surface area contributed by atoms with Crippen LogP contribution in [0.4, 0.5) is 0 Å². The molecule has 0 unspecified atom stereocenters. The molecule has 0 aromatic carbocycles. The van der Waals surface area contributed by atoms with E-state index in [2.05, 4.69) is 15.9 Å². The zero-order valence-corrected chi connectivity index (χ0v) is 13.2. The van der Waals surface area contributed by atoms with Gasteiger partial charge in [0.1, 0.15) is 6.10 Å². The van der Waals surface area contributed by atoms with Crippen LogP contribution in [0.3, 0.4) is 0 Å². The molecule has 0 radical (unpaired) electrons. The minimum Gasteiger partial charge on any atom is -0.396 e. The number of ketones is 1. The Morgan fingerprint density at radius 3 is 2.60 bits per heavy atom. The Morgan fingerprint density at radius 1 is 1.20 bits per heavy atom. The van der Waals surface area contributed by atoms with Crippen LogP contribution in [0.1, 0.15) is 32.1 Å². The van der Waals surface area contributed by atoms with Gasteiger partial charge in [-0.3, -0.25) is 4.79 Å². The molecular formula is C14H23BrO5. The van der Waals surface area contributed by atoms with Crippen LogP contribution in [-0.2, 0) is 19.0 Å². The number of aliphatic hydroxyl groups excluding tert-OH is 1. The minimum atomic E-state index is -0.472. The molecule has 0 bridgehead atoms. The second-order valence-electron chi connectivity index (χ2n) is 5.31. The second kappa shape index (κ2) is 8.44. The predicted molar refractivity (Wildman–Crippen MR) is 77.1 cm³/mol. The lowest BCUT2D eigenvalue weighted by molar-refractivity contribution is -0.182. The van der Waals surface area contributed by atoms with E-state index < -0.39 is 6.10 Å². The second-order valence-corrected chi connectivity index (χ2v) is 5.87. The van der Waals surface area contributed by atoms with Crippen molar-refractivity contribution in [1.82, 2.24) is 0 Å². The molecule has 0 aliphatic carbocycles. The average Bonchev–Trinajstić information content (AvgIpc) is 2.49. The van der Waals surface area contributed by atoms with Crippen LogP contribution in [0.2, 0.25) is 0 Å². The third-order valence-electron chi connectivity index (χ3n) is 3.86. The quantitative estimate of drug-likeness (QED) is 0.734. The molecule has 2 heterocycles. The number of ether oxygens (including phenoxy) is 3. The van der Waals surface area contributed by atoms with Crippen molar-refractivity contribution in [3.8, 4) is 0 Å². The number of rotatable bonds is 6. The van der Waals surface area contributed by atoms with Crippen molar-refractivity contribution in [3.63, 3.8) is 0 Å². The number of aliphatic hydroxyl groups is 1. The molecule has 0 spiro atoms. The van der Waals surface area contributed by atoms with Crippen molar-refractivity contribution in [2.75, 3.05) is 25.2 Å². The molecule has 0 saturated carbocycles. The summed E-state index contributed by atoms with van der Waals surface area (Å²) in [6.45, 7) is 1.43. The summed E-state index contributed by atoms with van der Waals surface area (Å²) in [7, 11) is 0. The first-order chi connectivity index (χ1) is 9.76. The third kappa shape index (κ3) is 4.24. The smallest absolute Gasteiger partial charge is 0.174 e. The van der Waals surface area contributed by atoms with E-state index in [9.17, 15) is 4.79 Å². The maximum Gasteiger partial charge on any atom is 0.174 e. The van der Waals surface area contributed by atoms with Crippen LogP contribution < -0.4 is 0 Å². The Hall–Kier alpha value is -0.0100. The van der Waals surface area contributed by atoms with Gasteiger partial charge in [0.2, 0.25) is 0 Å². The lowest BCUT2D eigenvalue weighted by Crippen LogP contribution is -2.47. The molecule has 6 heteroatoms. The van der Waals surface area contributed by atoms with Gasteiger partial charge in [0.05, 0.1) is 23.6 Å². The van der Waals surface area contributed by atoms with Gasteiger partial charge in [-0.1, -0.05) is 15.9 Å². The number of Topliss-reactive ketones (excluding diaryl/α,β-unsaturated/α-hetero) is 1. The summed E-state index contributed by atoms with van der Waals surface area (Å²) < 4.78 is 17.4. The van der Waals surface area contributed by atoms with Gasteiger partial charge in [0, 0.05) is 19.8 Å². The van der Waals surface area contributed by atoms with Crippen LogP contribution in [-0.4, -0.2) is 60.5 Å². The van der Waals surface area contributed by atoms with Gasteiger partial charge >= 0.3 is 0 Å². The number of hydrogen-bond donors (Lipinski definition) is 1. The molecule has 2 aliphatic heterocycles. The van der Waals surface area contributed by atoms with Gasteiger partial charge < -0.3 is 19.3 Å². The van der Waals surface area contributed by atoms with Crippen molar-refractivity contribution in [2.45, 2.75) is 56.5 Å². The Morgan fingerprint density at radius 2 is 1.90 bits per heavy atom. The minimum absolute atomic E-state index is 0.0325. The molecule has 0 amide bonds. The molecule has 2 fully saturated rings. The summed E-state index contributed by atoms with van der Waals surface area (Å²) in [6.07, 6.45) is 3.41. The molecule has 1 N–H and O–H groups in total. The molecule has 2 saturated heterocycles. The zero-order valence-electron chi connectivity index (χ0n) is 11.6. The van der Waals surface area contributed by atoms with Crippen molar-refractivity contribution in [3.05, 3.63) is 0 Å². The van der Waals surface area contributed by atoms with Crippen LogP contribution in [0.5, 0.6) is 0 Å². The molecule has 0 aromatic rings. The molecule has 116 valence electrons. The van der Waals surface area contributed by atoms with E-state index in [4.69, 9.17) is 19.3 Å². The highest BCUT2D eigenvalue weighted by Crippen LogP contribution is 2.26. The SMILES string of the molecule is O=C(CBr)[C@H]1OCCC[C@@H]1O[C@@H]1CCCO[C@H]1CCO. The number of alkyl halides is 1. The highest BCUT2D eigenvalue weighted by atomic mass is 79.9. The summed E-state index contributed by atoms with van der Waals surface area (Å²) in [5, 5.41) is 9.39. The van der Waals surface area contributed by atoms with E-state index in [1.54, 1.807) is 0 Å². The van der Waals surface area contributed by atoms with Crippen molar-refractivity contribution in [1.29, 1.82) is 0 Å². The van der Waals surface area contributed by atoms with E-state index >= 15 is 0 Å². The fraction of sp³-hybridized carbons (Fsp3) is 0.929. The molecule has 4 atom stereocenters. The molecular weight excluding hydrogens is 328 g/mol. The van der Waals surface area contributed by atoms with Gasteiger partial charge in [0.25, 0.3) is 0 Å². The van der Waals surface area contributed by atoms with Crippen molar-refractivity contribution in [2.24, 2.45) is 0 Å². The van der Waals surface area contributed by atoms with E-state index in [1.165, 1.54) is 0 Å². The first-order valence-corrected chi connectivity index (χ1v) is 8.46. The maximum absolute atomic E-state index is 11.9. The van der Waals surface area contributed by atoms with Gasteiger partial charge in [-0.05, 0) is 32.1 Å². The van der Waals surface area contributed by atoms with Crippen molar-refractivity contribution < 1.29 is 24.1 Å². The van der Waals surface area contributed by atoms with E-state index in [0.717, 1.165) is 32.3 Å². The third-order valence-corrected chi connectivity index (χ3v) is 4.41. The van der Waals surface area contributed by atoms with Gasteiger partial charge in [0.15, 0.2) is 5.78 Å². The summed E-state index contributed by atoms with van der Waals surface area (Å²) in [4.78, 5) is 11.9.